The predicted molar refractivity (Wildman–Crippen MR) is 96.4 cm³/mol. The summed E-state index contributed by atoms with van der Waals surface area (Å²) in [5.74, 6) is -0.390. The van der Waals surface area contributed by atoms with Crippen LogP contribution < -0.4 is 5.32 Å². The molecule has 1 N–H and O–H groups in total. The van der Waals surface area contributed by atoms with E-state index in [1.54, 1.807) is 11.0 Å². The highest BCUT2D eigenvalue weighted by Gasteiger charge is 2.26. The second kappa shape index (κ2) is 9.26. The Bertz CT molecular complexity index is 607. The van der Waals surface area contributed by atoms with Crippen molar-refractivity contribution in [3.63, 3.8) is 0 Å². The van der Waals surface area contributed by atoms with Crippen LogP contribution in [-0.2, 0) is 16.1 Å². The first kappa shape index (κ1) is 18.2. The lowest BCUT2D eigenvalue weighted by atomic mass is 10.1. The summed E-state index contributed by atoms with van der Waals surface area (Å²) in [6.45, 7) is 6.06. The van der Waals surface area contributed by atoms with Gasteiger partial charge in [-0.15, -0.1) is 0 Å². The molecule has 4 nitrogen and oxygen atoms in total. The van der Waals surface area contributed by atoms with Gasteiger partial charge in [-0.05, 0) is 25.3 Å². The van der Waals surface area contributed by atoms with Crippen LogP contribution in [0.25, 0.3) is 0 Å². The summed E-state index contributed by atoms with van der Waals surface area (Å²) in [7, 11) is 0. The molecule has 0 saturated heterocycles. The molecule has 0 radical (unpaired) electrons. The van der Waals surface area contributed by atoms with Crippen molar-refractivity contribution in [3.8, 4) is 0 Å². The Morgan fingerprint density at radius 3 is 2.83 bits per heavy atom. The predicted octanol–water partition coefficient (Wildman–Crippen LogP) is 3.35. The maximum atomic E-state index is 12.6. The van der Waals surface area contributed by atoms with Crippen LogP contribution in [0.1, 0.15) is 50.2 Å². The van der Waals surface area contributed by atoms with Gasteiger partial charge in [0.15, 0.2) is 0 Å². The molecule has 1 aromatic rings. The van der Waals surface area contributed by atoms with Crippen molar-refractivity contribution < 1.29 is 9.59 Å². The molecular weight excluding hydrogens is 300 g/mol. The van der Waals surface area contributed by atoms with E-state index in [4.69, 9.17) is 0 Å². The highest BCUT2D eigenvalue weighted by Crippen LogP contribution is 2.16. The van der Waals surface area contributed by atoms with E-state index in [0.717, 1.165) is 24.8 Å². The molecule has 24 heavy (non-hydrogen) atoms. The molecule has 0 aliphatic carbocycles. The molecule has 0 spiro atoms. The molecule has 1 heterocycles. The zero-order chi connectivity index (χ0) is 17.4. The van der Waals surface area contributed by atoms with Crippen molar-refractivity contribution >= 4 is 11.8 Å². The number of nitrogens with one attached hydrogen (secondary N) is 1. The molecule has 0 bridgehead atoms. The average molecular weight is 328 g/mol. The molecule has 1 aliphatic rings. The van der Waals surface area contributed by atoms with E-state index >= 15 is 0 Å². The Labute approximate surface area is 144 Å². The van der Waals surface area contributed by atoms with Gasteiger partial charge >= 0.3 is 0 Å². The summed E-state index contributed by atoms with van der Waals surface area (Å²) in [6, 6.07) is 8.14. The minimum absolute atomic E-state index is 0.159. The monoisotopic (exact) mass is 328 g/mol. The van der Waals surface area contributed by atoms with Crippen molar-refractivity contribution in [3.05, 3.63) is 47.0 Å². The topological polar surface area (TPSA) is 49.4 Å². The molecule has 0 saturated carbocycles. The first-order valence-electron chi connectivity index (χ1n) is 8.95. The summed E-state index contributed by atoms with van der Waals surface area (Å²) >= 11 is 0. The first-order valence-corrected chi connectivity index (χ1v) is 8.95. The van der Waals surface area contributed by atoms with Gasteiger partial charge in [0.25, 0.3) is 11.8 Å². The van der Waals surface area contributed by atoms with E-state index in [0.29, 0.717) is 25.2 Å². The minimum Gasteiger partial charge on any atom is -0.352 e. The Balaban J connectivity index is 1.89. The van der Waals surface area contributed by atoms with Crippen molar-refractivity contribution in [2.75, 3.05) is 13.1 Å². The lowest BCUT2D eigenvalue weighted by Crippen LogP contribution is -2.40. The Morgan fingerprint density at radius 2 is 2.08 bits per heavy atom. The SMILES string of the molecule is CCCCCCNC(=O)C1=CCCN(Cc2cccc(C)c2)C1=O. The van der Waals surface area contributed by atoms with Gasteiger partial charge in [0.2, 0.25) is 0 Å². The number of carbonyl (C=O) groups excluding carboxylic acids is 2. The fraction of sp³-hybridized carbons (Fsp3) is 0.500. The fourth-order valence-corrected chi connectivity index (χ4v) is 2.94. The lowest BCUT2D eigenvalue weighted by Gasteiger charge is -2.27. The van der Waals surface area contributed by atoms with Crippen LogP contribution in [0.5, 0.6) is 0 Å². The van der Waals surface area contributed by atoms with Gasteiger partial charge in [-0.25, -0.2) is 0 Å². The summed E-state index contributed by atoms with van der Waals surface area (Å²) in [6.07, 6.45) is 6.94. The quantitative estimate of drug-likeness (QED) is 0.588. The number of hydrogen-bond donors (Lipinski definition) is 1. The van der Waals surface area contributed by atoms with Crippen LogP contribution in [-0.4, -0.2) is 29.8 Å². The van der Waals surface area contributed by atoms with Gasteiger partial charge in [-0.1, -0.05) is 62.1 Å². The molecule has 0 fully saturated rings. The Morgan fingerprint density at radius 1 is 1.25 bits per heavy atom. The molecular formula is C20H28N2O2. The molecule has 1 aromatic carbocycles. The van der Waals surface area contributed by atoms with E-state index < -0.39 is 0 Å². The third-order valence-electron chi connectivity index (χ3n) is 4.28. The Kier molecular flexibility index (Phi) is 7.04. The van der Waals surface area contributed by atoms with E-state index in [-0.39, 0.29) is 11.8 Å². The van der Waals surface area contributed by atoms with Gasteiger partial charge in [-0.3, -0.25) is 9.59 Å². The summed E-state index contributed by atoms with van der Waals surface area (Å²) in [5.41, 5.74) is 2.58. The van der Waals surface area contributed by atoms with Crippen LogP contribution in [0.2, 0.25) is 0 Å². The lowest BCUT2D eigenvalue weighted by molar-refractivity contribution is -0.131. The van der Waals surface area contributed by atoms with E-state index in [1.165, 1.54) is 18.4 Å². The smallest absolute Gasteiger partial charge is 0.259 e. The maximum Gasteiger partial charge on any atom is 0.259 e. The second-order valence-corrected chi connectivity index (χ2v) is 6.44. The largest absolute Gasteiger partial charge is 0.352 e. The highest BCUT2D eigenvalue weighted by atomic mass is 16.2. The molecule has 2 rings (SSSR count). The number of rotatable bonds is 8. The summed E-state index contributed by atoms with van der Waals surface area (Å²) in [4.78, 5) is 26.6. The number of benzene rings is 1. The van der Waals surface area contributed by atoms with Gasteiger partial charge in [0.1, 0.15) is 5.57 Å². The molecule has 0 unspecified atom stereocenters. The Hall–Kier alpha value is -2.10. The van der Waals surface area contributed by atoms with Gasteiger partial charge in [-0.2, -0.15) is 0 Å². The number of carbonyl (C=O) groups is 2. The third kappa shape index (κ3) is 5.22. The second-order valence-electron chi connectivity index (χ2n) is 6.44. The third-order valence-corrected chi connectivity index (χ3v) is 4.28. The molecule has 130 valence electrons. The van der Waals surface area contributed by atoms with Crippen LogP contribution >= 0.6 is 0 Å². The molecule has 0 atom stereocenters. The number of amides is 2. The van der Waals surface area contributed by atoms with Gasteiger partial charge < -0.3 is 10.2 Å². The van der Waals surface area contributed by atoms with Crippen LogP contribution in [0.3, 0.4) is 0 Å². The standard InChI is InChI=1S/C20H28N2O2/c1-3-4-5-6-12-21-19(23)18-11-8-13-22(20(18)24)15-17-10-7-9-16(2)14-17/h7,9-11,14H,3-6,8,12-13,15H2,1-2H3,(H,21,23). The van der Waals surface area contributed by atoms with Crippen molar-refractivity contribution in [1.82, 2.24) is 10.2 Å². The molecule has 2 amide bonds. The van der Waals surface area contributed by atoms with E-state index in [1.807, 2.05) is 25.1 Å². The van der Waals surface area contributed by atoms with Crippen LogP contribution in [0.4, 0.5) is 0 Å². The summed E-state index contributed by atoms with van der Waals surface area (Å²) in [5, 5.41) is 2.88. The normalized spacial score (nSPS) is 14.5. The van der Waals surface area contributed by atoms with Crippen molar-refractivity contribution in [2.24, 2.45) is 0 Å². The maximum absolute atomic E-state index is 12.6. The molecule has 1 aliphatic heterocycles. The molecule has 0 aromatic heterocycles. The zero-order valence-corrected chi connectivity index (χ0v) is 14.8. The highest BCUT2D eigenvalue weighted by molar-refractivity contribution is 6.18. The van der Waals surface area contributed by atoms with Crippen molar-refractivity contribution in [2.45, 2.75) is 52.5 Å². The molecule has 4 heteroatoms. The van der Waals surface area contributed by atoms with Crippen molar-refractivity contribution in [1.29, 1.82) is 0 Å². The number of hydrogen-bond acceptors (Lipinski definition) is 2. The van der Waals surface area contributed by atoms with E-state index in [2.05, 4.69) is 18.3 Å². The number of nitrogens with zero attached hydrogens (tertiary/aromatic N) is 1. The van der Waals surface area contributed by atoms with Crippen LogP contribution in [0.15, 0.2) is 35.9 Å². The fourth-order valence-electron chi connectivity index (χ4n) is 2.94. The van der Waals surface area contributed by atoms with Gasteiger partial charge in [0.05, 0.1) is 0 Å². The zero-order valence-electron chi connectivity index (χ0n) is 14.8. The number of unbranched alkanes of at least 4 members (excludes halogenated alkanes) is 3. The summed E-state index contributed by atoms with van der Waals surface area (Å²) < 4.78 is 0. The first-order chi connectivity index (χ1) is 11.6. The van der Waals surface area contributed by atoms with Crippen LogP contribution in [0, 0.1) is 6.92 Å². The minimum atomic E-state index is -0.231. The number of aryl methyl sites for hydroxylation is 1. The van der Waals surface area contributed by atoms with E-state index in [9.17, 15) is 9.59 Å². The van der Waals surface area contributed by atoms with Gasteiger partial charge in [0, 0.05) is 19.6 Å². The average Bonchev–Trinajstić information content (AvgIpc) is 2.56.